The van der Waals surface area contributed by atoms with Crippen LogP contribution in [0.3, 0.4) is 0 Å². The number of carbonyl (C=O) groups is 2. The van der Waals surface area contributed by atoms with Gasteiger partial charge in [-0.3, -0.25) is 14.3 Å². The average Bonchev–Trinajstić information content (AvgIpc) is 3.64. The van der Waals surface area contributed by atoms with Crippen LogP contribution in [0.25, 0.3) is 0 Å². The monoisotopic (exact) mass is 811 g/mol. The minimum atomic E-state index is -0.268. The van der Waals surface area contributed by atoms with Gasteiger partial charge >= 0.3 is 0 Å². The number of ether oxygens (including phenoxy) is 2. The summed E-state index contributed by atoms with van der Waals surface area (Å²) in [5.41, 5.74) is 6.41. The Balaban J connectivity index is 0.812. The van der Waals surface area contributed by atoms with Crippen molar-refractivity contribution in [1.82, 2.24) is 30.2 Å². The zero-order valence-electron chi connectivity index (χ0n) is 33.1. The minimum absolute atomic E-state index is 0.0124. The van der Waals surface area contributed by atoms with E-state index < -0.39 is 0 Å². The molecule has 2 amide bonds. The Morgan fingerprint density at radius 1 is 0.915 bits per heavy atom. The van der Waals surface area contributed by atoms with E-state index in [2.05, 4.69) is 49.1 Å². The van der Waals surface area contributed by atoms with E-state index in [1.54, 1.807) is 37.3 Å². The molecule has 1 N–H and O–H groups in total. The predicted octanol–water partition coefficient (Wildman–Crippen LogP) is 6.73. The molecule has 13 nitrogen and oxygen atoms in total. The quantitative estimate of drug-likeness (QED) is 0.189. The van der Waals surface area contributed by atoms with Gasteiger partial charge in [-0.25, -0.2) is 0 Å². The Kier molecular flexibility index (Phi) is 12.1. The first-order chi connectivity index (χ1) is 28.8. The van der Waals surface area contributed by atoms with E-state index in [1.807, 2.05) is 23.1 Å². The van der Waals surface area contributed by atoms with Gasteiger partial charge < -0.3 is 24.6 Å². The largest absolute Gasteiger partial charge is 0.490 e. The van der Waals surface area contributed by atoms with Crippen LogP contribution in [0.1, 0.15) is 115 Å². The third-order valence-corrected chi connectivity index (χ3v) is 12.3. The van der Waals surface area contributed by atoms with E-state index in [0.717, 1.165) is 99.8 Å². The fraction of sp³-hybridized carbons (Fsp3) is 0.444. The molecule has 2 aromatic heterocycles. The molecule has 59 heavy (non-hydrogen) atoms. The summed E-state index contributed by atoms with van der Waals surface area (Å²) in [6.45, 7) is 3.98. The fourth-order valence-corrected chi connectivity index (χ4v) is 9.01. The molecule has 2 aliphatic carbocycles. The summed E-state index contributed by atoms with van der Waals surface area (Å²) in [4.78, 5) is 29.6. The minimum Gasteiger partial charge on any atom is -0.490 e. The van der Waals surface area contributed by atoms with Crippen molar-refractivity contribution in [2.45, 2.75) is 108 Å². The number of hydrogen-bond acceptors (Lipinski definition) is 10. The summed E-state index contributed by atoms with van der Waals surface area (Å²) in [6.07, 6.45) is 9.53. The molecule has 302 valence electrons. The summed E-state index contributed by atoms with van der Waals surface area (Å²) < 4.78 is 14.5. The van der Waals surface area contributed by atoms with Crippen LogP contribution < -0.4 is 15.0 Å². The first-order valence-electron chi connectivity index (χ1n) is 20.5. The van der Waals surface area contributed by atoms with Gasteiger partial charge in [0.25, 0.3) is 5.91 Å². The maximum Gasteiger partial charge on any atom is 0.272 e. The summed E-state index contributed by atoms with van der Waals surface area (Å²) in [6, 6.07) is 18.9. The van der Waals surface area contributed by atoms with Crippen LogP contribution in [0, 0.1) is 34.5 Å². The van der Waals surface area contributed by atoms with Crippen LogP contribution in [0.5, 0.6) is 5.75 Å². The lowest BCUT2D eigenvalue weighted by Gasteiger charge is -2.32. The van der Waals surface area contributed by atoms with Gasteiger partial charge in [0.15, 0.2) is 11.5 Å². The highest BCUT2D eigenvalue weighted by Crippen LogP contribution is 2.41. The topological polar surface area (TPSA) is 162 Å². The highest BCUT2D eigenvalue weighted by atomic mass is 35.5. The number of amides is 2. The number of nitriles is 2. The summed E-state index contributed by atoms with van der Waals surface area (Å²) in [5.74, 6) is 7.45. The second-order valence-electron chi connectivity index (χ2n) is 15.8. The number of aryl methyl sites for hydroxylation is 1. The number of hydrogen-bond donors (Lipinski definition) is 1. The van der Waals surface area contributed by atoms with Gasteiger partial charge in [-0.05, 0) is 118 Å². The summed E-state index contributed by atoms with van der Waals surface area (Å²) in [7, 11) is 0. The van der Waals surface area contributed by atoms with E-state index in [4.69, 9.17) is 31.4 Å². The summed E-state index contributed by atoms with van der Waals surface area (Å²) >= 11 is 6.14. The molecular weight excluding hydrogens is 766 g/mol. The molecule has 0 spiro atoms. The number of fused-ring (bicyclic) bond motifs is 2. The van der Waals surface area contributed by atoms with Gasteiger partial charge in [-0.2, -0.15) is 15.6 Å². The Morgan fingerprint density at radius 3 is 2.46 bits per heavy atom. The Hall–Kier alpha value is -5.94. The highest BCUT2D eigenvalue weighted by molar-refractivity contribution is 6.31. The highest BCUT2D eigenvalue weighted by Gasteiger charge is 2.34. The molecule has 4 aliphatic rings. The second-order valence-corrected chi connectivity index (χ2v) is 16.2. The van der Waals surface area contributed by atoms with Gasteiger partial charge in [0, 0.05) is 55.5 Å². The molecule has 14 heteroatoms. The van der Waals surface area contributed by atoms with Crippen molar-refractivity contribution in [3.05, 3.63) is 92.9 Å². The lowest BCUT2D eigenvalue weighted by molar-refractivity contribution is -0.129. The number of aromatic nitrogens is 4. The molecule has 0 bridgehead atoms. The molecule has 4 aromatic rings. The van der Waals surface area contributed by atoms with Gasteiger partial charge in [0.2, 0.25) is 5.91 Å². The van der Waals surface area contributed by atoms with Crippen molar-refractivity contribution in [2.75, 3.05) is 24.6 Å². The third kappa shape index (κ3) is 9.05. The zero-order chi connectivity index (χ0) is 40.9. The third-order valence-electron chi connectivity index (χ3n) is 12.0. The van der Waals surface area contributed by atoms with E-state index >= 15 is 0 Å². The predicted molar refractivity (Wildman–Crippen MR) is 220 cm³/mol. The van der Waals surface area contributed by atoms with Gasteiger partial charge in [-0.15, -0.1) is 10.2 Å². The van der Waals surface area contributed by atoms with E-state index in [9.17, 15) is 14.9 Å². The average molecular weight is 812 g/mol. The lowest BCUT2D eigenvalue weighted by atomic mass is 9.92. The smallest absolute Gasteiger partial charge is 0.272 e. The number of benzene rings is 2. The molecular formula is C45H46ClN9O4. The van der Waals surface area contributed by atoms with Crippen molar-refractivity contribution in [3.63, 3.8) is 0 Å². The first-order valence-corrected chi connectivity index (χ1v) is 20.9. The Labute approximate surface area is 349 Å². The van der Waals surface area contributed by atoms with E-state index in [0.29, 0.717) is 40.7 Å². The molecule has 8 rings (SSSR count). The normalized spacial score (nSPS) is 21.2. The molecule has 2 aromatic carbocycles. The van der Waals surface area contributed by atoms with Gasteiger partial charge in [0.05, 0.1) is 47.0 Å². The van der Waals surface area contributed by atoms with Crippen molar-refractivity contribution in [2.24, 2.45) is 0 Å². The number of rotatable bonds is 8. The number of halogens is 1. The Morgan fingerprint density at radius 2 is 1.73 bits per heavy atom. The van der Waals surface area contributed by atoms with Crippen LogP contribution in [-0.4, -0.2) is 74.6 Å². The van der Waals surface area contributed by atoms with Crippen LogP contribution in [0.15, 0.2) is 48.5 Å². The van der Waals surface area contributed by atoms with Crippen molar-refractivity contribution < 1.29 is 19.1 Å². The number of nitrogens with one attached hydrogen (secondary N) is 1. The molecule has 2 fully saturated rings. The maximum absolute atomic E-state index is 12.9. The van der Waals surface area contributed by atoms with Crippen LogP contribution in [0.2, 0.25) is 5.02 Å². The molecule has 2 saturated carbocycles. The van der Waals surface area contributed by atoms with Crippen LogP contribution in [-0.2, 0) is 28.9 Å². The zero-order valence-corrected chi connectivity index (χ0v) is 33.9. The number of anilines is 2. The molecule has 0 radical (unpaired) electrons. The van der Waals surface area contributed by atoms with Gasteiger partial charge in [-0.1, -0.05) is 17.5 Å². The Bertz CT molecular complexity index is 2360. The molecule has 0 saturated heterocycles. The number of carbonyl (C=O) groups excluding carboxylic acids is 2. The standard InChI is InChI=1S/C45H46ClN9O4/c1-29(56)53-22-20-43-39(28-53)44(54-21-2-4-31-24-30(26-47)6-19-42(31)54)52-55(43)35-11-16-36(17-12-35)58-23-3-5-34-10-18-41(51-50-34)45(57)49-33-8-14-37(15-9-33)59-38-13-7-32(27-48)40(46)25-38/h6-7,10,13,18-19,24-25,33,35-37H,2,4,8-9,11-12,14-17,20-23,28H2,1H3,(H,49,57). The van der Waals surface area contributed by atoms with Crippen LogP contribution >= 0.6 is 11.6 Å². The first kappa shape index (κ1) is 39.9. The SMILES string of the molecule is CC(=O)N1CCc2c(c(N3CCCc4cc(C#N)ccc43)nn2C2CCC(OCC#Cc3ccc(C(=O)NC4CCC(Oc5ccc(C#N)c(Cl)c5)CC4)nn3)CC2)C1. The van der Waals surface area contributed by atoms with E-state index in [-0.39, 0.29) is 48.4 Å². The van der Waals surface area contributed by atoms with Crippen molar-refractivity contribution >= 4 is 34.9 Å². The second kappa shape index (κ2) is 17.9. The molecule has 4 heterocycles. The summed E-state index contributed by atoms with van der Waals surface area (Å²) in [5, 5.41) is 35.6. The van der Waals surface area contributed by atoms with Gasteiger partial charge in [0.1, 0.15) is 24.1 Å². The van der Waals surface area contributed by atoms with Crippen molar-refractivity contribution in [1.29, 1.82) is 10.5 Å². The number of nitrogens with zero attached hydrogens (tertiary/aromatic N) is 8. The van der Waals surface area contributed by atoms with E-state index in [1.165, 1.54) is 5.69 Å². The fourth-order valence-electron chi connectivity index (χ4n) is 8.80. The lowest BCUT2D eigenvalue weighted by Crippen LogP contribution is -2.40. The maximum atomic E-state index is 12.9. The molecule has 0 atom stereocenters. The molecule has 2 aliphatic heterocycles. The van der Waals surface area contributed by atoms with Crippen molar-refractivity contribution in [3.8, 4) is 29.7 Å². The molecule has 0 unspecified atom stereocenters. The van der Waals surface area contributed by atoms with Crippen LogP contribution in [0.4, 0.5) is 11.5 Å².